The number of hydrogen-bond acceptors (Lipinski definition) is 7. The third-order valence-electron chi connectivity index (χ3n) is 6.22. The Bertz CT molecular complexity index is 1260. The van der Waals surface area contributed by atoms with E-state index in [4.69, 9.17) is 9.47 Å². The highest BCUT2D eigenvalue weighted by molar-refractivity contribution is 7.89. The molecular formula is C26H34N4O7S. The van der Waals surface area contributed by atoms with Gasteiger partial charge < -0.3 is 25.4 Å². The summed E-state index contributed by atoms with van der Waals surface area (Å²) in [4.78, 5) is 36.3. The maximum atomic E-state index is 13.2. The number of anilines is 1. The fourth-order valence-electron chi connectivity index (χ4n) is 4.39. The third kappa shape index (κ3) is 7.23. The minimum atomic E-state index is -3.72. The zero-order valence-corrected chi connectivity index (χ0v) is 22.8. The first kappa shape index (κ1) is 28.9. The molecule has 0 aromatic heterocycles. The molecule has 3 N–H and O–H groups in total. The molecule has 1 fully saturated rings. The Hall–Kier alpha value is -3.64. The van der Waals surface area contributed by atoms with Crippen LogP contribution in [0.15, 0.2) is 47.4 Å². The summed E-state index contributed by atoms with van der Waals surface area (Å²) in [5.41, 5.74) is 1.21. The van der Waals surface area contributed by atoms with E-state index >= 15 is 0 Å². The van der Waals surface area contributed by atoms with Crippen molar-refractivity contribution in [3.05, 3.63) is 48.0 Å². The SMILES string of the molecule is COc1cccc(C[C@@H](NC(C)=O)C(=O)NC2CCN(S(=O)(=O)c3ccc(NC(C)=O)cc3)CC2)c1OC. The number of piperidine rings is 1. The van der Waals surface area contributed by atoms with E-state index in [1.165, 1.54) is 44.5 Å². The molecule has 1 aliphatic rings. The van der Waals surface area contributed by atoms with Crippen LogP contribution in [0.3, 0.4) is 0 Å². The van der Waals surface area contributed by atoms with E-state index in [-0.39, 0.29) is 48.2 Å². The van der Waals surface area contributed by atoms with Crippen LogP contribution in [0.4, 0.5) is 5.69 Å². The molecule has 0 saturated carbocycles. The first-order valence-electron chi connectivity index (χ1n) is 12.2. The van der Waals surface area contributed by atoms with Crippen LogP contribution in [0, 0.1) is 0 Å². The van der Waals surface area contributed by atoms with Gasteiger partial charge in [0.05, 0.1) is 19.1 Å². The molecule has 3 rings (SSSR count). The van der Waals surface area contributed by atoms with Crippen LogP contribution in [-0.2, 0) is 30.8 Å². The summed E-state index contributed by atoms with van der Waals surface area (Å²) in [6.07, 6.45) is 1.03. The van der Waals surface area contributed by atoms with Crippen LogP contribution in [-0.4, -0.2) is 69.8 Å². The number of carbonyl (C=O) groups is 3. The average Bonchev–Trinajstić information content (AvgIpc) is 2.88. The first-order valence-corrected chi connectivity index (χ1v) is 13.6. The molecule has 11 nitrogen and oxygen atoms in total. The van der Waals surface area contributed by atoms with E-state index in [9.17, 15) is 22.8 Å². The topological polar surface area (TPSA) is 143 Å². The van der Waals surface area contributed by atoms with Gasteiger partial charge in [0, 0.05) is 50.7 Å². The number of hydrogen-bond donors (Lipinski definition) is 3. The highest BCUT2D eigenvalue weighted by atomic mass is 32.2. The number of benzene rings is 2. The second kappa shape index (κ2) is 12.7. The number of sulfonamides is 1. The monoisotopic (exact) mass is 546 g/mol. The molecule has 2 aromatic rings. The molecule has 0 unspecified atom stereocenters. The Labute approximate surface area is 222 Å². The molecule has 1 heterocycles. The van der Waals surface area contributed by atoms with E-state index in [0.29, 0.717) is 35.6 Å². The van der Waals surface area contributed by atoms with Crippen molar-refractivity contribution in [3.8, 4) is 11.5 Å². The Morgan fingerprint density at radius 3 is 2.18 bits per heavy atom. The Morgan fingerprint density at radius 2 is 1.63 bits per heavy atom. The van der Waals surface area contributed by atoms with Crippen LogP contribution >= 0.6 is 0 Å². The van der Waals surface area contributed by atoms with E-state index < -0.39 is 16.1 Å². The van der Waals surface area contributed by atoms with Gasteiger partial charge in [0.1, 0.15) is 6.04 Å². The van der Waals surface area contributed by atoms with Gasteiger partial charge in [-0.2, -0.15) is 4.31 Å². The zero-order chi connectivity index (χ0) is 27.9. The van der Waals surface area contributed by atoms with Crippen molar-refractivity contribution in [2.24, 2.45) is 0 Å². The van der Waals surface area contributed by atoms with Crippen LogP contribution in [0.5, 0.6) is 11.5 Å². The lowest BCUT2D eigenvalue weighted by Crippen LogP contribution is -2.53. The van der Waals surface area contributed by atoms with Gasteiger partial charge in [-0.25, -0.2) is 8.42 Å². The van der Waals surface area contributed by atoms with E-state index in [0.717, 1.165) is 0 Å². The number of amides is 3. The second-order valence-electron chi connectivity index (χ2n) is 9.00. The number of carbonyl (C=O) groups excluding carboxylic acids is 3. The maximum absolute atomic E-state index is 13.2. The van der Waals surface area contributed by atoms with E-state index in [2.05, 4.69) is 16.0 Å². The van der Waals surface area contributed by atoms with Crippen molar-refractivity contribution in [2.75, 3.05) is 32.6 Å². The van der Waals surface area contributed by atoms with Crippen LogP contribution in [0.1, 0.15) is 32.3 Å². The molecule has 0 spiro atoms. The highest BCUT2D eigenvalue weighted by Gasteiger charge is 2.31. The van der Waals surface area contributed by atoms with Crippen molar-refractivity contribution in [1.82, 2.24) is 14.9 Å². The number of rotatable bonds is 10. The van der Waals surface area contributed by atoms with Gasteiger partial charge in [-0.05, 0) is 43.2 Å². The molecule has 0 radical (unpaired) electrons. The molecule has 1 atom stereocenters. The van der Waals surface area contributed by atoms with Crippen molar-refractivity contribution < 1.29 is 32.3 Å². The lowest BCUT2D eigenvalue weighted by molar-refractivity contribution is -0.128. The smallest absolute Gasteiger partial charge is 0.243 e. The maximum Gasteiger partial charge on any atom is 0.243 e. The summed E-state index contributed by atoms with van der Waals surface area (Å²) in [7, 11) is -0.692. The summed E-state index contributed by atoms with van der Waals surface area (Å²) in [6.45, 7) is 3.18. The molecule has 206 valence electrons. The van der Waals surface area contributed by atoms with Gasteiger partial charge in [-0.3, -0.25) is 14.4 Å². The van der Waals surface area contributed by atoms with Crippen molar-refractivity contribution in [1.29, 1.82) is 0 Å². The molecule has 2 aromatic carbocycles. The van der Waals surface area contributed by atoms with Gasteiger partial charge >= 0.3 is 0 Å². The predicted molar refractivity (Wildman–Crippen MR) is 142 cm³/mol. The lowest BCUT2D eigenvalue weighted by atomic mass is 10.0. The summed E-state index contributed by atoms with van der Waals surface area (Å²) >= 11 is 0. The predicted octanol–water partition coefficient (Wildman–Crippen LogP) is 1.68. The van der Waals surface area contributed by atoms with Gasteiger partial charge in [0.15, 0.2) is 11.5 Å². The van der Waals surface area contributed by atoms with Gasteiger partial charge in [0.2, 0.25) is 27.7 Å². The molecule has 12 heteroatoms. The standard InChI is InChI=1S/C26H34N4O7S/c1-17(31)27-20-8-10-22(11-9-20)38(34,35)30-14-12-21(13-15-30)29-26(33)23(28-18(2)32)16-19-6-5-7-24(36-3)25(19)37-4/h5-11,21,23H,12-16H2,1-4H3,(H,27,31)(H,28,32)(H,29,33)/t23-/m1/s1. The summed E-state index contributed by atoms with van der Waals surface area (Å²) < 4.78 is 38.3. The number of ether oxygens (including phenoxy) is 2. The summed E-state index contributed by atoms with van der Waals surface area (Å²) in [5.74, 6) is 0.0533. The fraction of sp³-hybridized carbons (Fsp3) is 0.423. The van der Waals surface area contributed by atoms with Gasteiger partial charge in [-0.15, -0.1) is 0 Å². The molecule has 1 saturated heterocycles. The van der Waals surface area contributed by atoms with E-state index in [1.807, 2.05) is 0 Å². The minimum Gasteiger partial charge on any atom is -0.493 e. The van der Waals surface area contributed by atoms with E-state index in [1.54, 1.807) is 30.3 Å². The fourth-order valence-corrected chi connectivity index (χ4v) is 5.86. The first-order chi connectivity index (χ1) is 18.0. The van der Waals surface area contributed by atoms with Crippen LogP contribution < -0.4 is 25.4 Å². The molecule has 3 amide bonds. The Balaban J connectivity index is 1.63. The number of nitrogens with zero attached hydrogens (tertiary/aromatic N) is 1. The Morgan fingerprint density at radius 1 is 0.974 bits per heavy atom. The van der Waals surface area contributed by atoms with Crippen LogP contribution in [0.25, 0.3) is 0 Å². The lowest BCUT2D eigenvalue weighted by Gasteiger charge is -2.32. The molecule has 0 aliphatic carbocycles. The average molecular weight is 547 g/mol. The van der Waals surface area contributed by atoms with Crippen molar-refractivity contribution in [3.63, 3.8) is 0 Å². The zero-order valence-electron chi connectivity index (χ0n) is 21.9. The number of nitrogens with one attached hydrogen (secondary N) is 3. The molecule has 0 bridgehead atoms. The summed E-state index contributed by atoms with van der Waals surface area (Å²) in [5, 5.41) is 8.27. The van der Waals surface area contributed by atoms with Crippen molar-refractivity contribution >= 4 is 33.4 Å². The highest BCUT2D eigenvalue weighted by Crippen LogP contribution is 2.31. The van der Waals surface area contributed by atoms with Crippen molar-refractivity contribution in [2.45, 2.75) is 50.1 Å². The Kier molecular flexibility index (Phi) is 9.70. The van der Waals surface area contributed by atoms with Gasteiger partial charge in [0.25, 0.3) is 0 Å². The molecule has 1 aliphatic heterocycles. The third-order valence-corrected chi connectivity index (χ3v) is 8.13. The molecule has 38 heavy (non-hydrogen) atoms. The minimum absolute atomic E-state index is 0.132. The van der Waals surface area contributed by atoms with Crippen LogP contribution in [0.2, 0.25) is 0 Å². The summed E-state index contributed by atoms with van der Waals surface area (Å²) in [6, 6.07) is 10.2. The number of methoxy groups -OCH3 is 2. The normalized spacial score (nSPS) is 15.3. The number of para-hydroxylation sites is 1. The quantitative estimate of drug-likeness (QED) is 0.411. The largest absolute Gasteiger partial charge is 0.493 e. The van der Waals surface area contributed by atoms with Gasteiger partial charge in [-0.1, -0.05) is 12.1 Å². The molecular weight excluding hydrogens is 512 g/mol. The second-order valence-corrected chi connectivity index (χ2v) is 10.9.